The van der Waals surface area contributed by atoms with E-state index in [0.29, 0.717) is 11.6 Å². The first-order valence-electron chi connectivity index (χ1n) is 8.35. The second kappa shape index (κ2) is 9.91. The summed E-state index contributed by atoms with van der Waals surface area (Å²) in [6.07, 6.45) is 0. The van der Waals surface area contributed by atoms with Crippen LogP contribution in [0.3, 0.4) is 0 Å². The molecule has 0 saturated carbocycles. The lowest BCUT2D eigenvalue weighted by molar-refractivity contribution is -0.385. The SMILES string of the molecule is COCCOc1cc([N+](=O)[O-])c(C(=O)N(C)Cc2ccc(Cl)cc2)cc1OC. The number of methoxy groups -OCH3 is 2. The van der Waals surface area contributed by atoms with Crippen LogP contribution in [-0.2, 0) is 11.3 Å². The Morgan fingerprint density at radius 2 is 1.82 bits per heavy atom. The van der Waals surface area contributed by atoms with Gasteiger partial charge in [0.25, 0.3) is 11.6 Å². The Morgan fingerprint density at radius 1 is 1.14 bits per heavy atom. The zero-order valence-electron chi connectivity index (χ0n) is 15.8. The van der Waals surface area contributed by atoms with Crippen molar-refractivity contribution in [2.45, 2.75) is 6.54 Å². The van der Waals surface area contributed by atoms with E-state index < -0.39 is 10.8 Å². The first-order chi connectivity index (χ1) is 13.4. The Labute approximate surface area is 167 Å². The molecule has 9 heteroatoms. The number of hydrogen-bond donors (Lipinski definition) is 0. The number of carbonyl (C=O) groups excluding carboxylic acids is 1. The van der Waals surface area contributed by atoms with Crippen LogP contribution in [0.4, 0.5) is 5.69 Å². The second-order valence-corrected chi connectivity index (χ2v) is 6.34. The standard InChI is InChI=1S/C19H21ClN2O6/c1-21(12-13-4-6-14(20)7-5-13)19(23)15-10-17(27-3)18(28-9-8-26-2)11-16(15)22(24)25/h4-7,10-11H,8-9,12H2,1-3H3. The molecule has 0 saturated heterocycles. The van der Waals surface area contributed by atoms with Gasteiger partial charge in [-0.3, -0.25) is 14.9 Å². The van der Waals surface area contributed by atoms with E-state index in [0.717, 1.165) is 5.56 Å². The van der Waals surface area contributed by atoms with Gasteiger partial charge in [0, 0.05) is 31.8 Å². The maximum atomic E-state index is 12.9. The Bertz CT molecular complexity index is 841. The van der Waals surface area contributed by atoms with Crippen molar-refractivity contribution in [3.8, 4) is 11.5 Å². The van der Waals surface area contributed by atoms with Gasteiger partial charge >= 0.3 is 0 Å². The van der Waals surface area contributed by atoms with Crippen molar-refractivity contribution >= 4 is 23.2 Å². The van der Waals surface area contributed by atoms with E-state index in [2.05, 4.69) is 0 Å². The fraction of sp³-hybridized carbons (Fsp3) is 0.316. The van der Waals surface area contributed by atoms with Crippen LogP contribution >= 0.6 is 11.6 Å². The molecule has 0 aromatic heterocycles. The molecule has 28 heavy (non-hydrogen) atoms. The quantitative estimate of drug-likeness (QED) is 0.358. The van der Waals surface area contributed by atoms with E-state index >= 15 is 0 Å². The molecule has 8 nitrogen and oxygen atoms in total. The maximum absolute atomic E-state index is 12.9. The molecule has 0 aliphatic rings. The van der Waals surface area contributed by atoms with Gasteiger partial charge < -0.3 is 19.1 Å². The van der Waals surface area contributed by atoms with E-state index in [1.165, 1.54) is 31.3 Å². The molecule has 0 bridgehead atoms. The molecule has 0 fully saturated rings. The van der Waals surface area contributed by atoms with Crippen molar-refractivity contribution in [2.24, 2.45) is 0 Å². The van der Waals surface area contributed by atoms with Crippen molar-refractivity contribution < 1.29 is 23.9 Å². The maximum Gasteiger partial charge on any atom is 0.286 e. The van der Waals surface area contributed by atoms with E-state index in [4.69, 9.17) is 25.8 Å². The normalized spacial score (nSPS) is 10.4. The molecular formula is C19H21ClN2O6. The minimum absolute atomic E-state index is 0.0857. The van der Waals surface area contributed by atoms with Crippen LogP contribution in [0.15, 0.2) is 36.4 Å². The molecule has 0 spiro atoms. The van der Waals surface area contributed by atoms with Gasteiger partial charge in [-0.25, -0.2) is 0 Å². The number of amides is 1. The molecule has 0 aliphatic carbocycles. The van der Waals surface area contributed by atoms with Crippen molar-refractivity contribution in [3.63, 3.8) is 0 Å². The first kappa shape index (κ1) is 21.5. The van der Waals surface area contributed by atoms with Gasteiger partial charge in [-0.15, -0.1) is 0 Å². The van der Waals surface area contributed by atoms with Crippen LogP contribution in [0.25, 0.3) is 0 Å². The first-order valence-corrected chi connectivity index (χ1v) is 8.73. The molecule has 2 rings (SSSR count). The van der Waals surface area contributed by atoms with Crippen molar-refractivity contribution in [2.75, 3.05) is 34.5 Å². The van der Waals surface area contributed by atoms with Crippen molar-refractivity contribution in [3.05, 3.63) is 62.7 Å². The third-order valence-electron chi connectivity index (χ3n) is 3.93. The molecule has 1 amide bonds. The summed E-state index contributed by atoms with van der Waals surface area (Å²) in [6, 6.07) is 9.51. The molecule has 2 aromatic carbocycles. The zero-order valence-corrected chi connectivity index (χ0v) is 16.6. The monoisotopic (exact) mass is 408 g/mol. The molecule has 0 radical (unpaired) electrons. The van der Waals surface area contributed by atoms with Crippen LogP contribution in [0, 0.1) is 10.1 Å². The second-order valence-electron chi connectivity index (χ2n) is 5.91. The minimum atomic E-state index is -0.619. The number of nitro groups is 1. The molecule has 150 valence electrons. The van der Waals surface area contributed by atoms with Gasteiger partial charge in [0.2, 0.25) is 0 Å². The highest BCUT2D eigenvalue weighted by atomic mass is 35.5. The van der Waals surface area contributed by atoms with Gasteiger partial charge in [0.15, 0.2) is 11.5 Å². The fourth-order valence-corrected chi connectivity index (χ4v) is 2.65. The topological polar surface area (TPSA) is 91.1 Å². The Balaban J connectivity index is 2.31. The van der Waals surface area contributed by atoms with Crippen LogP contribution in [0.5, 0.6) is 11.5 Å². The highest BCUT2D eigenvalue weighted by molar-refractivity contribution is 6.30. The minimum Gasteiger partial charge on any atom is -0.493 e. The number of benzene rings is 2. The third-order valence-corrected chi connectivity index (χ3v) is 4.19. The average molecular weight is 409 g/mol. The lowest BCUT2D eigenvalue weighted by Crippen LogP contribution is -2.27. The predicted octanol–water partition coefficient (Wildman–Crippen LogP) is 3.55. The Hall–Kier alpha value is -2.84. The van der Waals surface area contributed by atoms with E-state index in [1.807, 2.05) is 0 Å². The van der Waals surface area contributed by atoms with Crippen LogP contribution in [0.2, 0.25) is 5.02 Å². The fourth-order valence-electron chi connectivity index (χ4n) is 2.52. The molecule has 0 unspecified atom stereocenters. The number of ether oxygens (including phenoxy) is 3. The summed E-state index contributed by atoms with van der Waals surface area (Å²) in [5, 5.41) is 12.1. The highest BCUT2D eigenvalue weighted by Crippen LogP contribution is 2.35. The molecule has 0 aliphatic heterocycles. The van der Waals surface area contributed by atoms with Crippen molar-refractivity contribution in [1.29, 1.82) is 0 Å². The van der Waals surface area contributed by atoms with E-state index in [-0.39, 0.29) is 35.9 Å². The highest BCUT2D eigenvalue weighted by Gasteiger charge is 2.27. The average Bonchev–Trinajstić information content (AvgIpc) is 2.68. The van der Waals surface area contributed by atoms with E-state index in [1.54, 1.807) is 31.3 Å². The smallest absolute Gasteiger partial charge is 0.286 e. The summed E-state index contributed by atoms with van der Waals surface area (Å²) in [5.41, 5.74) is 0.396. The van der Waals surface area contributed by atoms with Crippen LogP contribution in [0.1, 0.15) is 15.9 Å². The summed E-state index contributed by atoms with van der Waals surface area (Å²) < 4.78 is 15.6. The summed E-state index contributed by atoms with van der Waals surface area (Å²) in [7, 11) is 4.48. The van der Waals surface area contributed by atoms with Crippen LogP contribution in [-0.4, -0.2) is 50.2 Å². The molecule has 0 N–H and O–H groups in total. The zero-order chi connectivity index (χ0) is 20.7. The summed E-state index contributed by atoms with van der Waals surface area (Å²) in [6.45, 7) is 0.761. The summed E-state index contributed by atoms with van der Waals surface area (Å²) in [5.74, 6) is -0.114. The third kappa shape index (κ3) is 5.34. The number of nitrogens with zero attached hydrogens (tertiary/aromatic N) is 2. The van der Waals surface area contributed by atoms with E-state index in [9.17, 15) is 14.9 Å². The molecule has 2 aromatic rings. The number of halogens is 1. The van der Waals surface area contributed by atoms with Gasteiger partial charge in [-0.1, -0.05) is 23.7 Å². The summed E-state index contributed by atoms with van der Waals surface area (Å²) in [4.78, 5) is 25.2. The number of carbonyl (C=O) groups is 1. The molecule has 0 heterocycles. The number of nitro benzene ring substituents is 1. The van der Waals surface area contributed by atoms with Gasteiger partial charge in [0.05, 0.1) is 24.7 Å². The van der Waals surface area contributed by atoms with Crippen LogP contribution < -0.4 is 9.47 Å². The number of rotatable bonds is 9. The molecular weight excluding hydrogens is 388 g/mol. The lowest BCUT2D eigenvalue weighted by atomic mass is 10.1. The molecule has 0 atom stereocenters. The van der Waals surface area contributed by atoms with Gasteiger partial charge in [0.1, 0.15) is 12.2 Å². The Morgan fingerprint density at radius 3 is 2.39 bits per heavy atom. The van der Waals surface area contributed by atoms with Gasteiger partial charge in [-0.2, -0.15) is 0 Å². The predicted molar refractivity (Wildman–Crippen MR) is 104 cm³/mol. The van der Waals surface area contributed by atoms with Crippen molar-refractivity contribution in [1.82, 2.24) is 4.90 Å². The Kier molecular flexibility index (Phi) is 7.60. The summed E-state index contributed by atoms with van der Waals surface area (Å²) >= 11 is 5.87. The van der Waals surface area contributed by atoms with Gasteiger partial charge in [-0.05, 0) is 17.7 Å². The lowest BCUT2D eigenvalue weighted by Gasteiger charge is -2.19. The largest absolute Gasteiger partial charge is 0.493 e. The number of hydrogen-bond acceptors (Lipinski definition) is 6.